The standard InChI is InChI=1S/C12H17N3O2S/c1-7-14-11-4-10(9(13)3-12(11)18-7)15-8(5-16)6-17-2/h3-4,8,15-16H,5-6,13H2,1-2H3. The van der Waals surface area contributed by atoms with Gasteiger partial charge in [0.1, 0.15) is 0 Å². The molecule has 1 unspecified atom stereocenters. The molecule has 0 spiro atoms. The Balaban J connectivity index is 2.29. The predicted molar refractivity (Wildman–Crippen MR) is 75.1 cm³/mol. The van der Waals surface area contributed by atoms with Crippen LogP contribution in [0.25, 0.3) is 10.2 Å². The normalized spacial score (nSPS) is 12.8. The Morgan fingerprint density at radius 3 is 3.00 bits per heavy atom. The molecule has 0 aliphatic rings. The number of aryl methyl sites for hydroxylation is 1. The molecular formula is C12H17N3O2S. The van der Waals surface area contributed by atoms with Gasteiger partial charge in [0.2, 0.25) is 0 Å². The molecule has 98 valence electrons. The second-order valence-electron chi connectivity index (χ2n) is 4.12. The van der Waals surface area contributed by atoms with Gasteiger partial charge in [-0.1, -0.05) is 0 Å². The molecule has 2 aromatic rings. The van der Waals surface area contributed by atoms with Crippen LogP contribution in [0.2, 0.25) is 0 Å². The molecule has 6 heteroatoms. The summed E-state index contributed by atoms with van der Waals surface area (Å²) in [7, 11) is 1.60. The van der Waals surface area contributed by atoms with E-state index in [1.54, 1.807) is 18.4 Å². The summed E-state index contributed by atoms with van der Waals surface area (Å²) >= 11 is 1.62. The molecule has 1 atom stereocenters. The summed E-state index contributed by atoms with van der Waals surface area (Å²) in [5.74, 6) is 0. The van der Waals surface area contributed by atoms with Crippen molar-refractivity contribution in [1.82, 2.24) is 4.98 Å². The van der Waals surface area contributed by atoms with Crippen LogP contribution in [0.1, 0.15) is 5.01 Å². The van der Waals surface area contributed by atoms with E-state index in [1.165, 1.54) is 0 Å². The molecule has 1 heterocycles. The summed E-state index contributed by atoms with van der Waals surface area (Å²) in [6.07, 6.45) is 0. The molecule has 0 fully saturated rings. The number of nitrogens with two attached hydrogens (primary N) is 1. The van der Waals surface area contributed by atoms with Crippen LogP contribution < -0.4 is 11.1 Å². The van der Waals surface area contributed by atoms with E-state index in [9.17, 15) is 5.11 Å². The fourth-order valence-electron chi connectivity index (χ4n) is 1.79. The summed E-state index contributed by atoms with van der Waals surface area (Å²) in [5.41, 5.74) is 8.34. The Bertz CT molecular complexity index is 541. The molecule has 0 saturated heterocycles. The Morgan fingerprint density at radius 2 is 2.33 bits per heavy atom. The number of thiazole rings is 1. The van der Waals surface area contributed by atoms with Crippen LogP contribution in [0.3, 0.4) is 0 Å². The van der Waals surface area contributed by atoms with Crippen LogP contribution in [0.15, 0.2) is 12.1 Å². The molecule has 1 aromatic carbocycles. The fourth-order valence-corrected chi connectivity index (χ4v) is 2.65. The zero-order valence-corrected chi connectivity index (χ0v) is 11.3. The molecule has 4 N–H and O–H groups in total. The second kappa shape index (κ2) is 5.51. The lowest BCUT2D eigenvalue weighted by atomic mass is 10.2. The van der Waals surface area contributed by atoms with Gasteiger partial charge in [0.15, 0.2) is 0 Å². The number of rotatable bonds is 5. The highest BCUT2D eigenvalue weighted by Crippen LogP contribution is 2.30. The molecule has 0 amide bonds. The third-order valence-electron chi connectivity index (χ3n) is 2.61. The molecule has 18 heavy (non-hydrogen) atoms. The molecule has 5 nitrogen and oxygen atoms in total. The molecule has 0 aliphatic heterocycles. The number of methoxy groups -OCH3 is 1. The molecule has 0 bridgehead atoms. The lowest BCUT2D eigenvalue weighted by Gasteiger charge is -2.17. The number of anilines is 2. The highest BCUT2D eigenvalue weighted by molar-refractivity contribution is 7.18. The monoisotopic (exact) mass is 267 g/mol. The number of fused-ring (bicyclic) bond motifs is 1. The maximum atomic E-state index is 9.23. The van der Waals surface area contributed by atoms with Crippen molar-refractivity contribution in [1.29, 1.82) is 0 Å². The van der Waals surface area contributed by atoms with Gasteiger partial charge in [0.25, 0.3) is 0 Å². The topological polar surface area (TPSA) is 80.4 Å². The van der Waals surface area contributed by atoms with Gasteiger partial charge in [-0.15, -0.1) is 11.3 Å². The van der Waals surface area contributed by atoms with Crippen LogP contribution >= 0.6 is 11.3 Å². The fraction of sp³-hybridized carbons (Fsp3) is 0.417. The number of benzene rings is 1. The largest absolute Gasteiger partial charge is 0.397 e. The highest BCUT2D eigenvalue weighted by Gasteiger charge is 2.11. The van der Waals surface area contributed by atoms with Crippen molar-refractivity contribution in [3.63, 3.8) is 0 Å². The Hall–Kier alpha value is -1.37. The maximum absolute atomic E-state index is 9.23. The lowest BCUT2D eigenvalue weighted by Crippen LogP contribution is -2.29. The van der Waals surface area contributed by atoms with Crippen LogP contribution in [0, 0.1) is 6.92 Å². The van der Waals surface area contributed by atoms with Crippen molar-refractivity contribution >= 4 is 32.9 Å². The van der Waals surface area contributed by atoms with Gasteiger partial charge in [-0.05, 0) is 19.1 Å². The van der Waals surface area contributed by atoms with E-state index in [1.807, 2.05) is 19.1 Å². The van der Waals surface area contributed by atoms with Crippen LogP contribution in [-0.4, -0.2) is 36.5 Å². The van der Waals surface area contributed by atoms with E-state index in [0.29, 0.717) is 12.3 Å². The molecule has 0 radical (unpaired) electrons. The van der Waals surface area contributed by atoms with Gasteiger partial charge < -0.3 is 20.9 Å². The first-order chi connectivity index (χ1) is 8.63. The Morgan fingerprint density at radius 1 is 1.56 bits per heavy atom. The van der Waals surface area contributed by atoms with Gasteiger partial charge in [0.05, 0.1) is 45.9 Å². The van der Waals surface area contributed by atoms with Crippen LogP contribution in [0.5, 0.6) is 0 Å². The minimum absolute atomic E-state index is 0.0125. The van der Waals surface area contributed by atoms with Gasteiger partial charge in [-0.2, -0.15) is 0 Å². The number of nitrogen functional groups attached to an aromatic ring is 1. The highest BCUT2D eigenvalue weighted by atomic mass is 32.1. The number of hydrogen-bond acceptors (Lipinski definition) is 6. The van der Waals surface area contributed by atoms with E-state index in [2.05, 4.69) is 10.3 Å². The van der Waals surface area contributed by atoms with Crippen LogP contribution in [0.4, 0.5) is 11.4 Å². The lowest BCUT2D eigenvalue weighted by molar-refractivity contribution is 0.153. The Labute approximate surface area is 110 Å². The third-order valence-corrected chi connectivity index (χ3v) is 3.55. The third kappa shape index (κ3) is 2.72. The van der Waals surface area contributed by atoms with E-state index in [4.69, 9.17) is 10.5 Å². The quantitative estimate of drug-likeness (QED) is 0.717. The molecular weight excluding hydrogens is 250 g/mol. The van der Waals surface area contributed by atoms with Crippen molar-refractivity contribution in [3.8, 4) is 0 Å². The summed E-state index contributed by atoms with van der Waals surface area (Å²) in [5, 5.41) is 13.4. The summed E-state index contributed by atoms with van der Waals surface area (Å²) in [6, 6.07) is 3.64. The summed E-state index contributed by atoms with van der Waals surface area (Å²) in [6.45, 7) is 2.38. The summed E-state index contributed by atoms with van der Waals surface area (Å²) in [4.78, 5) is 4.42. The van der Waals surface area contributed by atoms with Crippen molar-refractivity contribution in [2.45, 2.75) is 13.0 Å². The number of hydrogen-bond donors (Lipinski definition) is 3. The maximum Gasteiger partial charge on any atom is 0.0907 e. The van der Waals surface area contributed by atoms with Crippen molar-refractivity contribution in [2.75, 3.05) is 31.4 Å². The second-order valence-corrected chi connectivity index (χ2v) is 5.35. The average molecular weight is 267 g/mol. The molecule has 1 aromatic heterocycles. The van der Waals surface area contributed by atoms with Gasteiger partial charge in [-0.25, -0.2) is 4.98 Å². The first-order valence-corrected chi connectivity index (χ1v) is 6.48. The minimum atomic E-state index is -0.172. The van der Waals surface area contributed by atoms with Gasteiger partial charge >= 0.3 is 0 Å². The van der Waals surface area contributed by atoms with E-state index in [-0.39, 0.29) is 12.6 Å². The molecule has 0 aliphatic carbocycles. The number of nitrogens with zero attached hydrogens (tertiary/aromatic N) is 1. The number of aliphatic hydroxyl groups is 1. The number of ether oxygens (including phenoxy) is 1. The van der Waals surface area contributed by atoms with Crippen molar-refractivity contribution in [3.05, 3.63) is 17.1 Å². The number of aromatic nitrogens is 1. The smallest absolute Gasteiger partial charge is 0.0907 e. The SMILES string of the molecule is COCC(CO)Nc1cc2nc(C)sc2cc1N. The van der Waals surface area contributed by atoms with Gasteiger partial charge in [-0.3, -0.25) is 0 Å². The Kier molecular flexibility index (Phi) is 4.00. The van der Waals surface area contributed by atoms with Crippen LogP contribution in [-0.2, 0) is 4.74 Å². The zero-order chi connectivity index (χ0) is 13.1. The van der Waals surface area contributed by atoms with E-state index >= 15 is 0 Å². The van der Waals surface area contributed by atoms with Crippen molar-refractivity contribution < 1.29 is 9.84 Å². The van der Waals surface area contributed by atoms with E-state index in [0.717, 1.165) is 20.9 Å². The van der Waals surface area contributed by atoms with Gasteiger partial charge in [0, 0.05) is 7.11 Å². The average Bonchev–Trinajstić information content (AvgIpc) is 2.68. The minimum Gasteiger partial charge on any atom is -0.397 e. The molecule has 2 rings (SSSR count). The first kappa shape index (κ1) is 13.1. The first-order valence-electron chi connectivity index (χ1n) is 5.67. The molecule has 0 saturated carbocycles. The van der Waals surface area contributed by atoms with Crippen molar-refractivity contribution in [2.24, 2.45) is 0 Å². The summed E-state index contributed by atoms with van der Waals surface area (Å²) < 4.78 is 6.09. The number of aliphatic hydroxyl groups excluding tert-OH is 1. The predicted octanol–water partition coefficient (Wildman–Crippen LogP) is 1.61. The zero-order valence-electron chi connectivity index (χ0n) is 10.4. The number of nitrogens with one attached hydrogen (secondary N) is 1. The van der Waals surface area contributed by atoms with E-state index < -0.39 is 0 Å².